The third-order valence-electron chi connectivity index (χ3n) is 40.7. The van der Waals surface area contributed by atoms with Gasteiger partial charge in [-0.1, -0.05) is 255 Å². The average Bonchev–Trinajstić information content (AvgIpc) is 0.668. The standard InChI is InChI=1S/C45H43BN2.2C44H41BN2/c1-4-28-18-19-40-38(25-28)46-37-14-8-13-36-44(37)48(42-17-9-16-41(43(42)46)47(40)34-11-7-10-31(26-34)27(2)3)39-15-6-5-12-35(39)45(36)32-21-29-20-30(23-32)24-33(45)22-29;1-26(2)30-11-7-12-33(25-30)46-39-18-9-19-40-41(39)45(36-15-6-10-27(3)42(36)46)37-16-8-14-35-43(37)47(40)38-17-5-4-13-34(38)44(35)31-21-28-20-29(23-31)24-32(44)22-28;1-26(2)30-9-6-10-33(25-30)46-39-15-8-16-40-42(39)45(36-18-17-27(3)19-41(36)46)37-13-7-12-35-43(37)47(40)38-14-5-4-11-34(38)44(35)31-21-28-20-29(23-31)24-32(44)22-28/h5-19,25-27,29-30,32-33H,4,20-24H2,1-3H3;2*4-19,25-26,28-29,31-32H,20-24H2,1-3H3. The molecule has 696 valence electrons. The smallest absolute Gasteiger partial charge is 0.252 e. The molecule has 0 amide bonds. The van der Waals surface area contributed by atoms with Crippen LogP contribution in [0.3, 0.4) is 0 Å². The quantitative estimate of drug-likeness (QED) is 0.147. The molecule has 9 aliphatic heterocycles. The Morgan fingerprint density at radius 2 is 0.542 bits per heavy atom. The molecular weight excluding hydrogens is 1710 g/mol. The van der Waals surface area contributed by atoms with Gasteiger partial charge in [-0.15, -0.1) is 0 Å². The SMILES string of the molecule is CCc1ccc2c(c1)B1c3cccc4c3N(c3ccccc3C43C4CC5CC(C4)CC3C5)c3cccc(c31)N2c1cccc(C(C)C)c1.Cc1ccc2c(c1)N(c1cccc(C(C)C)c1)c1cccc3c1B2c1cccc2c1N3c1ccccc1C21C2CC3CC(C2)CC1C3.Cc1cccc2c1N(c1cccc(C(C)C)c1)c1cccc3c1B2c1cccc2c1N3c1ccccc1C21C2CC3CC(C2)CC1C3. The summed E-state index contributed by atoms with van der Waals surface area (Å²) in [4.78, 5) is 15.8. The number of benzene rings is 15. The largest absolute Gasteiger partial charge is 0.311 e. The van der Waals surface area contributed by atoms with Crippen molar-refractivity contribution < 1.29 is 0 Å². The van der Waals surface area contributed by atoms with Gasteiger partial charge in [-0.3, -0.25) is 0 Å². The molecule has 0 atom stereocenters. The van der Waals surface area contributed by atoms with Crippen LogP contribution in [-0.4, -0.2) is 20.1 Å². The maximum Gasteiger partial charge on any atom is 0.252 e. The number of fused-ring (bicyclic) bond motifs is 18. The number of hydrogen-bond donors (Lipinski definition) is 0. The molecule has 15 aromatic rings. The van der Waals surface area contributed by atoms with Crippen molar-refractivity contribution in [2.24, 2.45) is 71.0 Å². The molecule has 3 spiro atoms. The van der Waals surface area contributed by atoms with Gasteiger partial charge in [-0.2, -0.15) is 0 Å². The fourth-order valence-corrected chi connectivity index (χ4v) is 36.1. The second-order valence-corrected chi connectivity index (χ2v) is 48.3. The predicted molar refractivity (Wildman–Crippen MR) is 596 cm³/mol. The first-order chi connectivity index (χ1) is 69.6. The molecule has 12 saturated carbocycles. The van der Waals surface area contributed by atoms with E-state index in [1.807, 2.05) is 0 Å². The van der Waals surface area contributed by atoms with Crippen LogP contribution in [0.4, 0.5) is 102 Å². The Bertz CT molecular complexity index is 7820. The van der Waals surface area contributed by atoms with E-state index in [4.69, 9.17) is 0 Å². The molecule has 0 saturated heterocycles. The highest BCUT2D eigenvalue weighted by molar-refractivity contribution is 7.02. The molecule has 0 radical (unpaired) electrons. The Balaban J connectivity index is 0.0000000977. The Morgan fingerprint density at radius 3 is 0.923 bits per heavy atom. The Labute approximate surface area is 841 Å². The van der Waals surface area contributed by atoms with Crippen LogP contribution >= 0.6 is 0 Å². The second-order valence-electron chi connectivity index (χ2n) is 48.3. The van der Waals surface area contributed by atoms with Crippen molar-refractivity contribution in [1.29, 1.82) is 0 Å². The first-order valence-electron chi connectivity index (χ1n) is 55.1. The number of para-hydroxylation sites is 7. The monoisotopic (exact) mass is 1840 g/mol. The van der Waals surface area contributed by atoms with E-state index in [0.29, 0.717) is 17.8 Å². The molecule has 6 nitrogen and oxygen atoms in total. The minimum atomic E-state index is 0.118. The van der Waals surface area contributed by atoms with Crippen LogP contribution in [0.15, 0.2) is 309 Å². The van der Waals surface area contributed by atoms with Gasteiger partial charge in [0.15, 0.2) is 0 Å². The number of rotatable bonds is 7. The van der Waals surface area contributed by atoms with Gasteiger partial charge in [0.1, 0.15) is 0 Å². The maximum atomic E-state index is 2.71. The zero-order valence-corrected chi connectivity index (χ0v) is 83.8. The maximum absolute atomic E-state index is 2.71. The Hall–Kier alpha value is -12.7. The topological polar surface area (TPSA) is 19.4 Å². The van der Waals surface area contributed by atoms with Crippen LogP contribution in [0, 0.1) is 84.9 Å². The van der Waals surface area contributed by atoms with Gasteiger partial charge in [0.05, 0.1) is 17.1 Å². The Kier molecular flexibility index (Phi) is 18.0. The van der Waals surface area contributed by atoms with E-state index in [1.54, 1.807) is 33.4 Å². The van der Waals surface area contributed by atoms with Crippen LogP contribution in [0.5, 0.6) is 0 Å². The second kappa shape index (κ2) is 30.4. The highest BCUT2D eigenvalue weighted by Gasteiger charge is 2.67. The molecule has 15 aromatic carbocycles. The number of aryl methyl sites for hydroxylation is 3. The van der Waals surface area contributed by atoms with Gasteiger partial charge >= 0.3 is 0 Å². The van der Waals surface area contributed by atoms with E-state index in [2.05, 4.69) is 401 Å². The zero-order chi connectivity index (χ0) is 94.2. The van der Waals surface area contributed by atoms with E-state index in [1.165, 1.54) is 281 Å². The van der Waals surface area contributed by atoms with Crippen molar-refractivity contribution in [2.45, 2.75) is 199 Å². The lowest BCUT2D eigenvalue weighted by molar-refractivity contribution is -0.0419. The molecule has 0 aromatic heterocycles. The number of nitrogens with zero attached hydrogens (tertiary/aromatic N) is 6. The normalized spacial score (nSPS) is 26.7. The van der Waals surface area contributed by atoms with Crippen LogP contribution in [0.25, 0.3) is 0 Å². The van der Waals surface area contributed by atoms with E-state index < -0.39 is 0 Å². The van der Waals surface area contributed by atoms with Crippen LogP contribution in [-0.2, 0) is 22.7 Å². The molecule has 36 rings (SSSR count). The van der Waals surface area contributed by atoms with E-state index in [9.17, 15) is 0 Å². The highest BCUT2D eigenvalue weighted by atomic mass is 15.2. The fraction of sp³-hybridized carbons (Fsp3) is 0.323. The third-order valence-corrected chi connectivity index (χ3v) is 40.7. The van der Waals surface area contributed by atoms with Gasteiger partial charge in [0.25, 0.3) is 20.1 Å². The summed E-state index contributed by atoms with van der Waals surface area (Å²) in [6.07, 6.45) is 22.3. The molecule has 12 fully saturated rings. The lowest BCUT2D eigenvalue weighted by Crippen LogP contribution is -2.64. The van der Waals surface area contributed by atoms with E-state index in [0.717, 1.165) is 77.4 Å². The lowest BCUT2D eigenvalue weighted by atomic mass is 9.32. The summed E-state index contributed by atoms with van der Waals surface area (Å²) in [6.45, 7) is 21.3. The van der Waals surface area contributed by atoms with Crippen molar-refractivity contribution in [3.63, 3.8) is 0 Å². The summed E-state index contributed by atoms with van der Waals surface area (Å²) in [5.41, 5.74) is 56.0. The molecule has 12 bridgehead atoms. The summed E-state index contributed by atoms with van der Waals surface area (Å²) in [7, 11) is 0. The van der Waals surface area contributed by atoms with Gasteiger partial charge in [0.2, 0.25) is 0 Å². The molecule has 142 heavy (non-hydrogen) atoms. The zero-order valence-electron chi connectivity index (χ0n) is 83.8. The van der Waals surface area contributed by atoms with E-state index >= 15 is 0 Å². The molecule has 0 N–H and O–H groups in total. The van der Waals surface area contributed by atoms with Crippen molar-refractivity contribution in [1.82, 2.24) is 0 Å². The van der Waals surface area contributed by atoms with Gasteiger partial charge in [-0.05, 0) is 424 Å². The van der Waals surface area contributed by atoms with Crippen LogP contribution in [0.1, 0.15) is 229 Å². The lowest BCUT2D eigenvalue weighted by Gasteiger charge is -2.64. The molecule has 12 aliphatic carbocycles. The molecule has 9 heterocycles. The van der Waals surface area contributed by atoms with Crippen molar-refractivity contribution in [2.75, 3.05) is 29.4 Å². The fourth-order valence-electron chi connectivity index (χ4n) is 36.1. The minimum Gasteiger partial charge on any atom is -0.311 e. The minimum absolute atomic E-state index is 0.118. The first kappa shape index (κ1) is 83.9. The third kappa shape index (κ3) is 11.1. The highest BCUT2D eigenvalue weighted by Crippen LogP contribution is 2.74. The van der Waals surface area contributed by atoms with Crippen LogP contribution < -0.4 is 78.6 Å². The van der Waals surface area contributed by atoms with Gasteiger partial charge < -0.3 is 29.4 Å². The molecule has 21 aliphatic rings. The summed E-state index contributed by atoms with van der Waals surface area (Å²) in [5, 5.41) is 0. The molecular formula is C133H125B3N6. The summed E-state index contributed by atoms with van der Waals surface area (Å²) >= 11 is 0. The van der Waals surface area contributed by atoms with Gasteiger partial charge in [0, 0.05) is 102 Å². The summed E-state index contributed by atoms with van der Waals surface area (Å²) in [5.74, 6) is 11.5. The molecule has 9 heteroatoms. The average molecular weight is 1840 g/mol. The predicted octanol–water partition coefficient (Wildman–Crippen LogP) is 28.0. The summed E-state index contributed by atoms with van der Waals surface area (Å²) < 4.78 is 0. The number of anilines is 18. The Morgan fingerprint density at radius 1 is 0.239 bits per heavy atom. The molecule has 0 unspecified atom stereocenters. The van der Waals surface area contributed by atoms with Crippen molar-refractivity contribution >= 4 is 172 Å². The number of hydrogen-bond acceptors (Lipinski definition) is 6. The first-order valence-corrected chi connectivity index (χ1v) is 55.1. The summed E-state index contributed by atoms with van der Waals surface area (Å²) in [6, 6.07) is 122. The van der Waals surface area contributed by atoms with Crippen molar-refractivity contribution in [3.05, 3.63) is 376 Å². The van der Waals surface area contributed by atoms with Crippen LogP contribution in [0.2, 0.25) is 0 Å². The van der Waals surface area contributed by atoms with E-state index in [-0.39, 0.29) is 36.4 Å². The van der Waals surface area contributed by atoms with Gasteiger partial charge in [-0.25, -0.2) is 0 Å². The van der Waals surface area contributed by atoms with Crippen molar-refractivity contribution in [3.8, 4) is 0 Å².